The van der Waals surface area contributed by atoms with Crippen molar-refractivity contribution >= 4 is 12.0 Å². The molecular weight excluding hydrogens is 422 g/mol. The highest BCUT2D eigenvalue weighted by Crippen LogP contribution is 2.31. The first-order valence-corrected chi connectivity index (χ1v) is 12.7. The number of urea groups is 1. The van der Waals surface area contributed by atoms with Crippen LogP contribution in [-0.2, 0) is 0 Å². The number of nitrogens with zero attached hydrogens (tertiary/aromatic N) is 1. The Kier molecular flexibility index (Phi) is 10.5. The standard InChI is InChI=1S/C28H39N5O/c1-2-22(15-11-13-20-30-27(29)34)14-6-5-12-21-31-28-32-25(23-16-7-3-8-17-23)26(33-28)24-18-9-4-10-19-24/h3-4,7-10,16-19,22H,2,5-6,11-15,20-21H2,1H3,(H3,29,30,34)(H2,31,32,33). The van der Waals surface area contributed by atoms with Gasteiger partial charge in [0.05, 0.1) is 11.4 Å². The first-order chi connectivity index (χ1) is 16.7. The molecule has 0 aliphatic heterocycles. The van der Waals surface area contributed by atoms with Crippen LogP contribution in [0.1, 0.15) is 58.3 Å². The molecule has 182 valence electrons. The number of benzene rings is 2. The number of carbonyl (C=O) groups excluding carboxylic acids is 1. The maximum absolute atomic E-state index is 10.7. The Hall–Kier alpha value is -3.28. The lowest BCUT2D eigenvalue weighted by atomic mass is 9.93. The second-order valence-electron chi connectivity index (χ2n) is 8.88. The summed E-state index contributed by atoms with van der Waals surface area (Å²) in [5.74, 6) is 1.60. The van der Waals surface area contributed by atoms with Crippen LogP contribution in [-0.4, -0.2) is 29.1 Å². The summed E-state index contributed by atoms with van der Waals surface area (Å²) in [5, 5.41) is 6.16. The zero-order valence-corrected chi connectivity index (χ0v) is 20.4. The Bertz CT molecular complexity index is 914. The molecule has 34 heavy (non-hydrogen) atoms. The van der Waals surface area contributed by atoms with Crippen LogP contribution in [0.2, 0.25) is 0 Å². The average Bonchev–Trinajstić information content (AvgIpc) is 3.30. The number of nitrogens with two attached hydrogens (primary N) is 1. The van der Waals surface area contributed by atoms with E-state index < -0.39 is 6.03 Å². The number of unbranched alkanes of at least 4 members (excludes halogenated alkanes) is 3. The van der Waals surface area contributed by atoms with Gasteiger partial charge in [0.15, 0.2) is 0 Å². The summed E-state index contributed by atoms with van der Waals surface area (Å²) in [4.78, 5) is 19.1. The molecule has 0 radical (unpaired) electrons. The number of hydrogen-bond donors (Lipinski definition) is 4. The molecule has 5 N–H and O–H groups in total. The smallest absolute Gasteiger partial charge is 0.312 e. The molecule has 0 aliphatic rings. The Morgan fingerprint density at radius 3 is 2.15 bits per heavy atom. The fraction of sp³-hybridized carbons (Fsp3) is 0.429. The third kappa shape index (κ3) is 8.25. The molecule has 1 aromatic heterocycles. The van der Waals surface area contributed by atoms with E-state index in [9.17, 15) is 4.79 Å². The van der Waals surface area contributed by atoms with Crippen molar-refractivity contribution in [2.75, 3.05) is 18.4 Å². The van der Waals surface area contributed by atoms with E-state index in [0.29, 0.717) is 6.54 Å². The Balaban J connectivity index is 1.43. The van der Waals surface area contributed by atoms with E-state index in [1.165, 1.54) is 32.1 Å². The number of H-pyrrole nitrogens is 1. The van der Waals surface area contributed by atoms with Gasteiger partial charge in [0, 0.05) is 24.2 Å². The van der Waals surface area contributed by atoms with Crippen molar-refractivity contribution in [3.8, 4) is 22.5 Å². The van der Waals surface area contributed by atoms with Gasteiger partial charge in [-0.1, -0.05) is 106 Å². The van der Waals surface area contributed by atoms with Crippen LogP contribution < -0.4 is 16.4 Å². The van der Waals surface area contributed by atoms with Crippen molar-refractivity contribution in [2.24, 2.45) is 11.7 Å². The second-order valence-corrected chi connectivity index (χ2v) is 8.88. The molecule has 0 fully saturated rings. The summed E-state index contributed by atoms with van der Waals surface area (Å²) < 4.78 is 0. The number of anilines is 1. The highest BCUT2D eigenvalue weighted by molar-refractivity contribution is 5.79. The number of hydrogen-bond acceptors (Lipinski definition) is 3. The Morgan fingerprint density at radius 1 is 0.882 bits per heavy atom. The maximum Gasteiger partial charge on any atom is 0.312 e. The molecule has 0 spiro atoms. The van der Waals surface area contributed by atoms with Crippen LogP contribution in [0.15, 0.2) is 60.7 Å². The van der Waals surface area contributed by atoms with Crippen LogP contribution in [0, 0.1) is 5.92 Å². The van der Waals surface area contributed by atoms with Crippen LogP contribution in [0.4, 0.5) is 10.7 Å². The van der Waals surface area contributed by atoms with Crippen molar-refractivity contribution in [1.29, 1.82) is 0 Å². The van der Waals surface area contributed by atoms with Crippen LogP contribution in [0.5, 0.6) is 0 Å². The Labute approximate surface area is 203 Å². The predicted molar refractivity (Wildman–Crippen MR) is 142 cm³/mol. The molecule has 1 unspecified atom stereocenters. The summed E-state index contributed by atoms with van der Waals surface area (Å²) in [6, 6.07) is 20.3. The van der Waals surface area contributed by atoms with Gasteiger partial charge in [-0.05, 0) is 18.8 Å². The van der Waals surface area contributed by atoms with Gasteiger partial charge in [0.1, 0.15) is 0 Å². The van der Waals surface area contributed by atoms with Gasteiger partial charge in [-0.25, -0.2) is 9.78 Å². The second kappa shape index (κ2) is 14.1. The van der Waals surface area contributed by atoms with E-state index >= 15 is 0 Å². The molecule has 2 aromatic carbocycles. The third-order valence-corrected chi connectivity index (χ3v) is 6.31. The number of aromatic amines is 1. The summed E-state index contributed by atoms with van der Waals surface area (Å²) in [6.07, 6.45) is 9.46. The Morgan fingerprint density at radius 2 is 1.50 bits per heavy atom. The minimum atomic E-state index is -0.428. The van der Waals surface area contributed by atoms with Crippen molar-refractivity contribution in [3.05, 3.63) is 60.7 Å². The number of nitrogens with one attached hydrogen (secondary N) is 3. The topological polar surface area (TPSA) is 95.8 Å². The molecule has 3 aromatic rings. The molecule has 0 aliphatic carbocycles. The quantitative estimate of drug-likeness (QED) is 0.192. The van der Waals surface area contributed by atoms with Crippen molar-refractivity contribution in [1.82, 2.24) is 15.3 Å². The van der Waals surface area contributed by atoms with E-state index in [0.717, 1.165) is 60.2 Å². The van der Waals surface area contributed by atoms with Gasteiger partial charge in [0.25, 0.3) is 0 Å². The molecular formula is C28H39N5O. The predicted octanol–water partition coefficient (Wildman–Crippen LogP) is 6.58. The van der Waals surface area contributed by atoms with Gasteiger partial charge >= 0.3 is 6.03 Å². The zero-order valence-electron chi connectivity index (χ0n) is 20.4. The van der Waals surface area contributed by atoms with Gasteiger partial charge < -0.3 is 21.4 Å². The summed E-state index contributed by atoms with van der Waals surface area (Å²) >= 11 is 0. The molecule has 3 rings (SSSR count). The maximum atomic E-state index is 10.7. The van der Waals surface area contributed by atoms with E-state index in [2.05, 4.69) is 58.9 Å². The van der Waals surface area contributed by atoms with Crippen molar-refractivity contribution < 1.29 is 4.79 Å². The van der Waals surface area contributed by atoms with Crippen molar-refractivity contribution in [3.63, 3.8) is 0 Å². The highest BCUT2D eigenvalue weighted by atomic mass is 16.2. The fourth-order valence-corrected chi connectivity index (χ4v) is 4.34. The number of rotatable bonds is 15. The minimum absolute atomic E-state index is 0.428. The SMILES string of the molecule is CCC(CCCCCNc1nc(-c2ccccc2)c(-c2ccccc2)[nH]1)CCCCNC(N)=O. The van der Waals surface area contributed by atoms with E-state index in [4.69, 9.17) is 10.7 Å². The normalized spacial score (nSPS) is 11.8. The van der Waals surface area contributed by atoms with Crippen LogP contribution in [0.25, 0.3) is 22.5 Å². The first kappa shape index (κ1) is 25.3. The lowest BCUT2D eigenvalue weighted by Crippen LogP contribution is -2.30. The van der Waals surface area contributed by atoms with E-state index in [1.54, 1.807) is 0 Å². The minimum Gasteiger partial charge on any atom is -0.356 e. The van der Waals surface area contributed by atoms with E-state index in [1.807, 2.05) is 24.3 Å². The third-order valence-electron chi connectivity index (χ3n) is 6.31. The number of aromatic nitrogens is 2. The molecule has 6 nitrogen and oxygen atoms in total. The molecule has 0 saturated carbocycles. The monoisotopic (exact) mass is 461 g/mol. The number of primary amides is 1. The zero-order chi connectivity index (χ0) is 24.0. The lowest BCUT2D eigenvalue weighted by Gasteiger charge is -2.14. The molecule has 0 saturated heterocycles. The summed E-state index contributed by atoms with van der Waals surface area (Å²) in [7, 11) is 0. The first-order valence-electron chi connectivity index (χ1n) is 12.7. The van der Waals surface area contributed by atoms with Crippen LogP contribution >= 0.6 is 0 Å². The number of carbonyl (C=O) groups is 1. The fourth-order valence-electron chi connectivity index (χ4n) is 4.34. The van der Waals surface area contributed by atoms with E-state index in [-0.39, 0.29) is 0 Å². The highest BCUT2D eigenvalue weighted by Gasteiger charge is 2.13. The van der Waals surface area contributed by atoms with Crippen molar-refractivity contribution in [2.45, 2.75) is 58.3 Å². The van der Waals surface area contributed by atoms with Gasteiger partial charge in [-0.15, -0.1) is 0 Å². The molecule has 1 atom stereocenters. The molecule has 6 heteroatoms. The van der Waals surface area contributed by atoms with Gasteiger partial charge in [-0.2, -0.15) is 0 Å². The number of imidazole rings is 1. The largest absolute Gasteiger partial charge is 0.356 e. The van der Waals surface area contributed by atoms with Crippen LogP contribution in [0.3, 0.4) is 0 Å². The molecule has 0 bridgehead atoms. The number of amides is 2. The lowest BCUT2D eigenvalue weighted by molar-refractivity contribution is 0.248. The van der Waals surface area contributed by atoms with Gasteiger partial charge in [-0.3, -0.25) is 0 Å². The molecule has 1 heterocycles. The average molecular weight is 462 g/mol. The van der Waals surface area contributed by atoms with Gasteiger partial charge in [0.2, 0.25) is 5.95 Å². The summed E-state index contributed by atoms with van der Waals surface area (Å²) in [6.45, 7) is 3.87. The summed E-state index contributed by atoms with van der Waals surface area (Å²) in [5.41, 5.74) is 9.38. The molecule has 2 amide bonds.